The van der Waals surface area contributed by atoms with Crippen molar-refractivity contribution in [2.24, 2.45) is 23.3 Å². The van der Waals surface area contributed by atoms with Gasteiger partial charge in [-0.25, -0.2) is 0 Å². The predicted octanol–water partition coefficient (Wildman–Crippen LogP) is 0.483. The smallest absolute Gasteiger partial charge is 0.222 e. The van der Waals surface area contributed by atoms with Crippen LogP contribution >= 0.6 is 12.4 Å². The van der Waals surface area contributed by atoms with Crippen molar-refractivity contribution in [3.63, 3.8) is 0 Å². The third-order valence-electron chi connectivity index (χ3n) is 4.53. The van der Waals surface area contributed by atoms with Crippen LogP contribution in [0.5, 0.6) is 0 Å². The molecule has 1 saturated carbocycles. The number of primary amides is 2. The van der Waals surface area contributed by atoms with Gasteiger partial charge in [0.15, 0.2) is 0 Å². The standard InChI is InChI=1S/C15H19N3O2.ClH/c16-14(19)11-7-18(8-12(11)15(17)20)13-6-10(13)9-4-2-1-3-5-9;/h1-5,10-13H,6-8H2,(H2,16,19)(H2,17,20);1H/t10-,11?,12?,13+;/m0./s1. The molecule has 1 aliphatic carbocycles. The van der Waals surface area contributed by atoms with Crippen molar-refractivity contribution in [1.29, 1.82) is 0 Å². The maximum atomic E-state index is 11.4. The molecule has 0 radical (unpaired) electrons. The van der Waals surface area contributed by atoms with E-state index < -0.39 is 23.7 Å². The van der Waals surface area contributed by atoms with Crippen molar-refractivity contribution in [2.75, 3.05) is 13.1 Å². The van der Waals surface area contributed by atoms with Crippen LogP contribution in [0, 0.1) is 11.8 Å². The Bertz CT molecular complexity index is 515. The summed E-state index contributed by atoms with van der Waals surface area (Å²) >= 11 is 0. The summed E-state index contributed by atoms with van der Waals surface area (Å²) in [5, 5.41) is 0. The highest BCUT2D eigenvalue weighted by molar-refractivity contribution is 5.87. The molecule has 0 aromatic heterocycles. The topological polar surface area (TPSA) is 89.4 Å². The minimum Gasteiger partial charge on any atom is -0.369 e. The van der Waals surface area contributed by atoms with E-state index in [2.05, 4.69) is 17.0 Å². The van der Waals surface area contributed by atoms with Crippen molar-refractivity contribution >= 4 is 24.2 Å². The minimum absolute atomic E-state index is 0. The van der Waals surface area contributed by atoms with Gasteiger partial charge in [0.25, 0.3) is 0 Å². The van der Waals surface area contributed by atoms with Crippen molar-refractivity contribution in [1.82, 2.24) is 4.90 Å². The van der Waals surface area contributed by atoms with Gasteiger partial charge in [-0.2, -0.15) is 0 Å². The Labute approximate surface area is 130 Å². The van der Waals surface area contributed by atoms with Gasteiger partial charge in [0.2, 0.25) is 11.8 Å². The zero-order chi connectivity index (χ0) is 14.3. The van der Waals surface area contributed by atoms with E-state index in [-0.39, 0.29) is 12.4 Å². The highest BCUT2D eigenvalue weighted by atomic mass is 35.5. The van der Waals surface area contributed by atoms with E-state index in [0.29, 0.717) is 25.0 Å². The summed E-state index contributed by atoms with van der Waals surface area (Å²) in [5.74, 6) is -1.23. The van der Waals surface area contributed by atoms with E-state index in [1.165, 1.54) is 5.56 Å². The molecule has 0 spiro atoms. The molecule has 4 atom stereocenters. The van der Waals surface area contributed by atoms with E-state index in [0.717, 1.165) is 6.42 Å². The lowest BCUT2D eigenvalue weighted by Gasteiger charge is -2.15. The molecule has 5 nitrogen and oxygen atoms in total. The number of rotatable bonds is 4. The average Bonchev–Trinajstić information content (AvgIpc) is 3.10. The van der Waals surface area contributed by atoms with Crippen molar-refractivity contribution < 1.29 is 9.59 Å². The summed E-state index contributed by atoms with van der Waals surface area (Å²) in [6, 6.07) is 10.7. The maximum Gasteiger partial charge on any atom is 0.222 e. The van der Waals surface area contributed by atoms with Gasteiger partial charge in [-0.15, -0.1) is 12.4 Å². The molecule has 3 rings (SSSR count). The molecule has 2 unspecified atom stereocenters. The second-order valence-corrected chi connectivity index (χ2v) is 5.79. The molecule has 114 valence electrons. The Hall–Kier alpha value is -1.59. The molecule has 2 aliphatic rings. The van der Waals surface area contributed by atoms with Gasteiger partial charge in [0.05, 0.1) is 11.8 Å². The number of amides is 2. The van der Waals surface area contributed by atoms with Crippen LogP contribution in [0.25, 0.3) is 0 Å². The average molecular weight is 310 g/mol. The number of carbonyl (C=O) groups is 2. The lowest BCUT2D eigenvalue weighted by Crippen LogP contribution is -2.36. The van der Waals surface area contributed by atoms with Crippen LogP contribution in [-0.4, -0.2) is 35.8 Å². The SMILES string of the molecule is Cl.NC(=O)C1CN([C@@H]2C[C@H]2c2ccccc2)CC1C(N)=O. The first-order valence-corrected chi connectivity index (χ1v) is 6.95. The van der Waals surface area contributed by atoms with Gasteiger partial charge in [-0.05, 0) is 12.0 Å². The van der Waals surface area contributed by atoms with Gasteiger partial charge in [0, 0.05) is 25.0 Å². The lowest BCUT2D eigenvalue weighted by atomic mass is 9.95. The zero-order valence-electron chi connectivity index (χ0n) is 11.6. The fourth-order valence-electron chi connectivity index (χ4n) is 3.33. The molecule has 0 bridgehead atoms. The largest absolute Gasteiger partial charge is 0.369 e. The third kappa shape index (κ3) is 3.04. The molecule has 2 fully saturated rings. The molecule has 1 heterocycles. The Kier molecular flexibility index (Phi) is 4.54. The summed E-state index contributed by atoms with van der Waals surface area (Å²) in [4.78, 5) is 25.1. The van der Waals surface area contributed by atoms with Crippen molar-refractivity contribution in [3.05, 3.63) is 35.9 Å². The fraction of sp³-hybridized carbons (Fsp3) is 0.467. The van der Waals surface area contributed by atoms with Crippen LogP contribution in [0.1, 0.15) is 17.9 Å². The van der Waals surface area contributed by atoms with Gasteiger partial charge in [0.1, 0.15) is 0 Å². The van der Waals surface area contributed by atoms with Crippen LogP contribution in [-0.2, 0) is 9.59 Å². The molecule has 1 saturated heterocycles. The predicted molar refractivity (Wildman–Crippen MR) is 81.8 cm³/mol. The first kappa shape index (κ1) is 15.8. The molecular weight excluding hydrogens is 290 g/mol. The first-order valence-electron chi connectivity index (χ1n) is 6.95. The summed E-state index contributed by atoms with van der Waals surface area (Å²) in [5.41, 5.74) is 12.1. The van der Waals surface area contributed by atoms with E-state index in [1.807, 2.05) is 18.2 Å². The number of halogens is 1. The van der Waals surface area contributed by atoms with Crippen LogP contribution < -0.4 is 11.5 Å². The molecular formula is C15H20ClN3O2. The molecule has 6 heteroatoms. The number of nitrogens with zero attached hydrogens (tertiary/aromatic N) is 1. The van der Waals surface area contributed by atoms with Crippen LogP contribution in [0.3, 0.4) is 0 Å². The van der Waals surface area contributed by atoms with E-state index >= 15 is 0 Å². The van der Waals surface area contributed by atoms with E-state index in [4.69, 9.17) is 11.5 Å². The number of nitrogens with two attached hydrogens (primary N) is 2. The molecule has 21 heavy (non-hydrogen) atoms. The number of carbonyl (C=O) groups excluding carboxylic acids is 2. The molecule has 1 aromatic rings. The Morgan fingerprint density at radius 3 is 2.00 bits per heavy atom. The number of hydrogen-bond acceptors (Lipinski definition) is 3. The summed E-state index contributed by atoms with van der Waals surface area (Å²) < 4.78 is 0. The van der Waals surface area contributed by atoms with Gasteiger partial charge in [-0.3, -0.25) is 14.5 Å². The third-order valence-corrected chi connectivity index (χ3v) is 4.53. The Morgan fingerprint density at radius 1 is 1.00 bits per heavy atom. The number of benzene rings is 1. The fourth-order valence-corrected chi connectivity index (χ4v) is 3.33. The first-order chi connectivity index (χ1) is 9.58. The molecule has 2 amide bonds. The van der Waals surface area contributed by atoms with Crippen LogP contribution in [0.15, 0.2) is 30.3 Å². The lowest BCUT2D eigenvalue weighted by molar-refractivity contribution is -0.129. The van der Waals surface area contributed by atoms with Crippen LogP contribution in [0.2, 0.25) is 0 Å². The van der Waals surface area contributed by atoms with E-state index in [9.17, 15) is 9.59 Å². The molecule has 4 N–H and O–H groups in total. The zero-order valence-corrected chi connectivity index (χ0v) is 12.5. The second-order valence-electron chi connectivity index (χ2n) is 5.79. The number of likely N-dealkylation sites (tertiary alicyclic amines) is 1. The Balaban J connectivity index is 0.00000161. The number of hydrogen-bond donors (Lipinski definition) is 2. The summed E-state index contributed by atoms with van der Waals surface area (Å²) in [7, 11) is 0. The summed E-state index contributed by atoms with van der Waals surface area (Å²) in [6.07, 6.45) is 1.07. The Morgan fingerprint density at radius 2 is 1.52 bits per heavy atom. The quantitative estimate of drug-likeness (QED) is 0.848. The van der Waals surface area contributed by atoms with Gasteiger partial charge < -0.3 is 11.5 Å². The maximum absolute atomic E-state index is 11.4. The molecule has 1 aliphatic heterocycles. The van der Waals surface area contributed by atoms with Gasteiger partial charge >= 0.3 is 0 Å². The van der Waals surface area contributed by atoms with Crippen molar-refractivity contribution in [2.45, 2.75) is 18.4 Å². The minimum atomic E-state index is -0.440. The highest BCUT2D eigenvalue weighted by Gasteiger charge is 2.49. The van der Waals surface area contributed by atoms with Crippen molar-refractivity contribution in [3.8, 4) is 0 Å². The molecule has 1 aromatic carbocycles. The van der Waals surface area contributed by atoms with E-state index in [1.54, 1.807) is 0 Å². The normalized spacial score (nSPS) is 31.4. The van der Waals surface area contributed by atoms with Gasteiger partial charge in [-0.1, -0.05) is 30.3 Å². The second kappa shape index (κ2) is 6.03. The highest BCUT2D eigenvalue weighted by Crippen LogP contribution is 2.46. The van der Waals surface area contributed by atoms with Crippen LogP contribution in [0.4, 0.5) is 0 Å². The monoisotopic (exact) mass is 309 g/mol. The summed E-state index contributed by atoms with van der Waals surface area (Å²) in [6.45, 7) is 1.11.